The average Bonchev–Trinajstić information content (AvgIpc) is 2.47. The van der Waals surface area contributed by atoms with Gasteiger partial charge in [-0.05, 0) is 16.5 Å². The van der Waals surface area contributed by atoms with Crippen LogP contribution in [0.25, 0.3) is 0 Å². The van der Waals surface area contributed by atoms with Crippen molar-refractivity contribution in [3.63, 3.8) is 0 Å². The van der Waals surface area contributed by atoms with E-state index in [1.54, 1.807) is 4.90 Å². The van der Waals surface area contributed by atoms with Gasteiger partial charge < -0.3 is 15.0 Å². The van der Waals surface area contributed by atoms with Crippen LogP contribution in [-0.4, -0.2) is 43.7 Å². The van der Waals surface area contributed by atoms with Gasteiger partial charge in [0.05, 0.1) is 6.61 Å². The van der Waals surface area contributed by atoms with Crippen molar-refractivity contribution in [1.29, 1.82) is 0 Å². The number of nitrogens with one attached hydrogen (secondary N) is 1. The molecule has 1 atom stereocenters. The van der Waals surface area contributed by atoms with Crippen molar-refractivity contribution < 1.29 is 9.53 Å². The molecule has 1 unspecified atom stereocenters. The van der Waals surface area contributed by atoms with Crippen LogP contribution in [-0.2, 0) is 21.5 Å². The first-order valence-electron chi connectivity index (χ1n) is 7.54. The molecule has 1 amide bonds. The van der Waals surface area contributed by atoms with E-state index < -0.39 is 0 Å². The van der Waals surface area contributed by atoms with Gasteiger partial charge in [0.25, 0.3) is 5.91 Å². The molecule has 116 valence electrons. The number of hydrogen-bond donors (Lipinski definition) is 1. The normalized spacial score (nSPS) is 19.3. The Hall–Kier alpha value is -1.39. The van der Waals surface area contributed by atoms with Crippen molar-refractivity contribution in [2.24, 2.45) is 0 Å². The minimum atomic E-state index is -0.349. The molecule has 1 heterocycles. The number of rotatable bonds is 3. The first-order valence-corrected chi connectivity index (χ1v) is 7.54. The van der Waals surface area contributed by atoms with E-state index in [9.17, 15) is 4.79 Å². The summed E-state index contributed by atoms with van der Waals surface area (Å²) in [6, 6.07) is 8.49. The molecule has 21 heavy (non-hydrogen) atoms. The van der Waals surface area contributed by atoms with E-state index >= 15 is 0 Å². The monoisotopic (exact) mass is 290 g/mol. The number of nitrogens with zero attached hydrogens (tertiary/aromatic N) is 1. The number of morpholine rings is 1. The average molecular weight is 290 g/mol. The summed E-state index contributed by atoms with van der Waals surface area (Å²) in [5, 5.41) is 3.19. The Morgan fingerprint density at radius 2 is 2.00 bits per heavy atom. The molecule has 0 aliphatic carbocycles. The van der Waals surface area contributed by atoms with E-state index in [1.807, 2.05) is 7.05 Å². The lowest BCUT2D eigenvalue weighted by Crippen LogP contribution is -2.48. The van der Waals surface area contributed by atoms with Crippen molar-refractivity contribution in [2.75, 3.05) is 26.7 Å². The maximum absolute atomic E-state index is 12.3. The van der Waals surface area contributed by atoms with Gasteiger partial charge in [-0.25, -0.2) is 0 Å². The fraction of sp³-hybridized carbons (Fsp3) is 0.588. The molecule has 0 spiro atoms. The molecule has 0 aromatic heterocycles. The summed E-state index contributed by atoms with van der Waals surface area (Å²) in [7, 11) is 1.83. The van der Waals surface area contributed by atoms with Gasteiger partial charge in [-0.3, -0.25) is 4.79 Å². The Balaban J connectivity index is 1.95. The maximum Gasteiger partial charge on any atom is 0.253 e. The highest BCUT2D eigenvalue weighted by atomic mass is 16.5. The zero-order chi connectivity index (χ0) is 15.5. The SMILES string of the molecule is CN(Cc1ccc(C(C)(C)C)cc1)C(=O)C1CNCCO1. The fourth-order valence-corrected chi connectivity index (χ4v) is 2.43. The molecule has 1 saturated heterocycles. The second-order valence-electron chi connectivity index (χ2n) is 6.70. The van der Waals surface area contributed by atoms with Crippen LogP contribution in [0.1, 0.15) is 31.9 Å². The number of likely N-dealkylation sites (N-methyl/N-ethyl adjacent to an activating group) is 1. The van der Waals surface area contributed by atoms with Crippen LogP contribution < -0.4 is 5.32 Å². The Morgan fingerprint density at radius 1 is 1.33 bits per heavy atom. The summed E-state index contributed by atoms with van der Waals surface area (Å²) in [5.41, 5.74) is 2.60. The zero-order valence-electron chi connectivity index (χ0n) is 13.5. The molecule has 1 aromatic carbocycles. The Morgan fingerprint density at radius 3 is 2.52 bits per heavy atom. The fourth-order valence-electron chi connectivity index (χ4n) is 2.43. The van der Waals surface area contributed by atoms with Gasteiger partial charge in [0.15, 0.2) is 0 Å². The summed E-state index contributed by atoms with van der Waals surface area (Å²) in [4.78, 5) is 14.0. The quantitative estimate of drug-likeness (QED) is 0.925. The Labute approximate surface area is 127 Å². The van der Waals surface area contributed by atoms with Gasteiger partial charge in [-0.1, -0.05) is 45.0 Å². The molecule has 4 nitrogen and oxygen atoms in total. The second kappa shape index (κ2) is 6.58. The van der Waals surface area contributed by atoms with Gasteiger partial charge in [-0.2, -0.15) is 0 Å². The minimum absolute atomic E-state index is 0.0436. The number of carbonyl (C=O) groups is 1. The Kier molecular flexibility index (Phi) is 5.01. The van der Waals surface area contributed by atoms with Crippen LogP contribution in [0.4, 0.5) is 0 Å². The molecule has 0 radical (unpaired) electrons. The summed E-state index contributed by atoms with van der Waals surface area (Å²) in [6.07, 6.45) is -0.349. The molecule has 1 aliphatic rings. The van der Waals surface area contributed by atoms with E-state index in [4.69, 9.17) is 4.74 Å². The van der Waals surface area contributed by atoms with Crippen LogP contribution >= 0.6 is 0 Å². The highest BCUT2D eigenvalue weighted by Crippen LogP contribution is 2.22. The van der Waals surface area contributed by atoms with Crippen molar-refractivity contribution in [2.45, 2.75) is 38.8 Å². The topological polar surface area (TPSA) is 41.6 Å². The molecule has 1 aromatic rings. The third-order valence-electron chi connectivity index (χ3n) is 3.82. The Bertz CT molecular complexity index is 471. The van der Waals surface area contributed by atoms with Crippen LogP contribution in [0.15, 0.2) is 24.3 Å². The number of amides is 1. The highest BCUT2D eigenvalue weighted by molar-refractivity contribution is 5.81. The van der Waals surface area contributed by atoms with E-state index in [2.05, 4.69) is 50.4 Å². The molecule has 1 N–H and O–H groups in total. The van der Waals surface area contributed by atoms with Crippen LogP contribution in [0.3, 0.4) is 0 Å². The molecule has 4 heteroatoms. The molecule has 1 aliphatic heterocycles. The van der Waals surface area contributed by atoms with Crippen molar-refractivity contribution >= 4 is 5.91 Å². The highest BCUT2D eigenvalue weighted by Gasteiger charge is 2.24. The summed E-state index contributed by atoms with van der Waals surface area (Å²) in [5.74, 6) is 0.0436. The summed E-state index contributed by atoms with van der Waals surface area (Å²) < 4.78 is 5.51. The standard InChI is InChI=1S/C17H26N2O2/c1-17(2,3)14-7-5-13(6-8-14)12-19(4)16(20)15-11-18-9-10-21-15/h5-8,15,18H,9-12H2,1-4H3. The van der Waals surface area contributed by atoms with Crippen molar-refractivity contribution in [3.8, 4) is 0 Å². The first-order chi connectivity index (χ1) is 9.88. The van der Waals surface area contributed by atoms with Crippen LogP contribution in [0.5, 0.6) is 0 Å². The third-order valence-corrected chi connectivity index (χ3v) is 3.82. The molecule has 1 fully saturated rings. The third kappa shape index (κ3) is 4.29. The number of hydrogen-bond acceptors (Lipinski definition) is 3. The molecule has 0 saturated carbocycles. The number of carbonyl (C=O) groups excluding carboxylic acids is 1. The largest absolute Gasteiger partial charge is 0.366 e. The number of ether oxygens (including phenoxy) is 1. The van der Waals surface area contributed by atoms with E-state index in [0.29, 0.717) is 19.7 Å². The number of benzene rings is 1. The van der Waals surface area contributed by atoms with Gasteiger partial charge in [0.2, 0.25) is 0 Å². The predicted octanol–water partition coefficient (Wildman–Crippen LogP) is 1.93. The van der Waals surface area contributed by atoms with Gasteiger partial charge in [0, 0.05) is 26.7 Å². The zero-order valence-corrected chi connectivity index (χ0v) is 13.5. The molecular formula is C17H26N2O2. The first kappa shape index (κ1) is 16.0. The summed E-state index contributed by atoms with van der Waals surface area (Å²) >= 11 is 0. The van der Waals surface area contributed by atoms with Crippen molar-refractivity contribution in [1.82, 2.24) is 10.2 Å². The lowest BCUT2D eigenvalue weighted by molar-refractivity contribution is -0.144. The summed E-state index contributed by atoms with van der Waals surface area (Å²) in [6.45, 7) is 9.24. The molecular weight excluding hydrogens is 264 g/mol. The molecule has 0 bridgehead atoms. The van der Waals surface area contributed by atoms with E-state index in [0.717, 1.165) is 12.1 Å². The smallest absolute Gasteiger partial charge is 0.253 e. The van der Waals surface area contributed by atoms with Gasteiger partial charge >= 0.3 is 0 Å². The van der Waals surface area contributed by atoms with E-state index in [-0.39, 0.29) is 17.4 Å². The predicted molar refractivity (Wildman–Crippen MR) is 84.2 cm³/mol. The second-order valence-corrected chi connectivity index (χ2v) is 6.70. The van der Waals surface area contributed by atoms with E-state index in [1.165, 1.54) is 5.56 Å². The maximum atomic E-state index is 12.3. The van der Waals surface area contributed by atoms with Crippen LogP contribution in [0.2, 0.25) is 0 Å². The van der Waals surface area contributed by atoms with Gasteiger partial charge in [0.1, 0.15) is 6.10 Å². The van der Waals surface area contributed by atoms with Crippen LogP contribution in [0, 0.1) is 0 Å². The van der Waals surface area contributed by atoms with Gasteiger partial charge in [-0.15, -0.1) is 0 Å². The lowest BCUT2D eigenvalue weighted by atomic mass is 9.87. The van der Waals surface area contributed by atoms with Crippen molar-refractivity contribution in [3.05, 3.63) is 35.4 Å². The lowest BCUT2D eigenvalue weighted by Gasteiger charge is -2.27. The minimum Gasteiger partial charge on any atom is -0.366 e. The molecule has 2 rings (SSSR count).